The number of benzene rings is 1. The zero-order valence-electron chi connectivity index (χ0n) is 12.5. The quantitative estimate of drug-likeness (QED) is 0.801. The van der Waals surface area contributed by atoms with Crippen LogP contribution in [0.2, 0.25) is 0 Å². The highest BCUT2D eigenvalue weighted by Gasteiger charge is 2.22. The number of aromatic nitrogens is 3. The van der Waals surface area contributed by atoms with Crippen molar-refractivity contribution in [3.63, 3.8) is 0 Å². The molecule has 0 bridgehead atoms. The molecule has 2 aromatic heterocycles. The Balaban J connectivity index is 2.21. The number of imidazole rings is 1. The summed E-state index contributed by atoms with van der Waals surface area (Å²) in [4.78, 5) is 4.41. The molecule has 3 rings (SSSR count). The maximum Gasteiger partial charge on any atom is 0.201 e. The van der Waals surface area contributed by atoms with Gasteiger partial charge < -0.3 is 19.6 Å². The molecule has 1 atom stereocenters. The number of anilines is 1. The van der Waals surface area contributed by atoms with E-state index in [1.807, 2.05) is 36.6 Å². The van der Waals surface area contributed by atoms with Crippen LogP contribution in [0.25, 0.3) is 11.0 Å². The molecule has 2 N–H and O–H groups in total. The summed E-state index contributed by atoms with van der Waals surface area (Å²) in [6.07, 6.45) is 0. The monoisotopic (exact) mass is 286 g/mol. The van der Waals surface area contributed by atoms with Gasteiger partial charge in [0.1, 0.15) is 11.5 Å². The molecule has 0 spiro atoms. The molecule has 0 amide bonds. The molecule has 0 saturated carbocycles. The number of hydrogen-bond acceptors (Lipinski definition) is 5. The fraction of sp³-hybridized carbons (Fsp3) is 0.333. The molecule has 0 radical (unpaired) electrons. The number of hydrogen-bond donors (Lipinski definition) is 1. The maximum atomic E-state index is 6.11. The van der Waals surface area contributed by atoms with Crippen LogP contribution in [-0.2, 0) is 0 Å². The number of nitrogens with two attached hydrogens (primary N) is 1. The van der Waals surface area contributed by atoms with Gasteiger partial charge in [-0.1, -0.05) is 5.16 Å². The average molecular weight is 286 g/mol. The number of nitrogen functional groups attached to an aromatic ring is 1. The summed E-state index contributed by atoms with van der Waals surface area (Å²) in [5, 5.41) is 4.02. The van der Waals surface area contributed by atoms with Crippen molar-refractivity contribution in [2.24, 2.45) is 0 Å². The predicted molar refractivity (Wildman–Crippen MR) is 80.5 cm³/mol. The molecule has 0 fully saturated rings. The van der Waals surface area contributed by atoms with Crippen molar-refractivity contribution < 1.29 is 9.26 Å². The van der Waals surface area contributed by atoms with Gasteiger partial charge in [0.15, 0.2) is 0 Å². The van der Waals surface area contributed by atoms with Crippen LogP contribution in [0, 0.1) is 13.8 Å². The number of ether oxygens (including phenoxy) is 1. The molecule has 21 heavy (non-hydrogen) atoms. The Kier molecular flexibility index (Phi) is 3.08. The third-order valence-electron chi connectivity index (χ3n) is 3.82. The second-order valence-corrected chi connectivity index (χ2v) is 5.11. The van der Waals surface area contributed by atoms with Crippen molar-refractivity contribution >= 4 is 17.0 Å². The summed E-state index contributed by atoms with van der Waals surface area (Å²) in [6.45, 7) is 5.89. The van der Waals surface area contributed by atoms with Crippen molar-refractivity contribution in [3.8, 4) is 5.75 Å². The summed E-state index contributed by atoms with van der Waals surface area (Å²) in [6, 6.07) is 5.70. The van der Waals surface area contributed by atoms with Crippen LogP contribution in [0.15, 0.2) is 22.7 Å². The Labute approximate surface area is 122 Å². The molecule has 6 nitrogen and oxygen atoms in total. The Hall–Kier alpha value is -2.50. The topological polar surface area (TPSA) is 79.1 Å². The maximum absolute atomic E-state index is 6.11. The molecule has 1 unspecified atom stereocenters. The van der Waals surface area contributed by atoms with Crippen molar-refractivity contribution in [2.75, 3.05) is 12.8 Å². The van der Waals surface area contributed by atoms with Gasteiger partial charge in [0.25, 0.3) is 0 Å². The predicted octanol–water partition coefficient (Wildman–Crippen LogP) is 2.84. The first-order valence-electron chi connectivity index (χ1n) is 6.77. The fourth-order valence-electron chi connectivity index (χ4n) is 2.84. The van der Waals surface area contributed by atoms with Crippen LogP contribution >= 0.6 is 0 Å². The number of rotatable bonds is 3. The van der Waals surface area contributed by atoms with Crippen LogP contribution in [0.4, 0.5) is 5.95 Å². The molecule has 1 aromatic carbocycles. The molecular formula is C15H18N4O2. The van der Waals surface area contributed by atoms with E-state index in [1.54, 1.807) is 7.11 Å². The minimum Gasteiger partial charge on any atom is -0.497 e. The van der Waals surface area contributed by atoms with Crippen molar-refractivity contribution in [1.82, 2.24) is 14.7 Å². The highest BCUT2D eigenvalue weighted by molar-refractivity contribution is 5.80. The van der Waals surface area contributed by atoms with E-state index in [1.165, 1.54) is 0 Å². The lowest BCUT2D eigenvalue weighted by Crippen LogP contribution is -2.11. The van der Waals surface area contributed by atoms with E-state index in [4.69, 9.17) is 15.0 Å². The Morgan fingerprint density at radius 2 is 2.10 bits per heavy atom. The molecule has 0 aliphatic carbocycles. The first kappa shape index (κ1) is 13.5. The van der Waals surface area contributed by atoms with Crippen LogP contribution in [0.1, 0.15) is 30.0 Å². The van der Waals surface area contributed by atoms with Crippen LogP contribution in [0.3, 0.4) is 0 Å². The number of methoxy groups -OCH3 is 1. The SMILES string of the molecule is COc1ccc2nc(N)n(C(C)c3c(C)noc3C)c2c1. The Morgan fingerprint density at radius 3 is 2.71 bits per heavy atom. The zero-order chi connectivity index (χ0) is 15.1. The largest absolute Gasteiger partial charge is 0.497 e. The van der Waals surface area contributed by atoms with Crippen LogP contribution in [0.5, 0.6) is 5.75 Å². The smallest absolute Gasteiger partial charge is 0.201 e. The van der Waals surface area contributed by atoms with E-state index < -0.39 is 0 Å². The fourth-order valence-corrected chi connectivity index (χ4v) is 2.84. The van der Waals surface area contributed by atoms with Gasteiger partial charge in [-0.3, -0.25) is 0 Å². The molecule has 3 aromatic rings. The lowest BCUT2D eigenvalue weighted by Gasteiger charge is -2.16. The van der Waals surface area contributed by atoms with Gasteiger partial charge in [0, 0.05) is 11.6 Å². The van der Waals surface area contributed by atoms with Gasteiger partial charge in [0.2, 0.25) is 5.95 Å². The van der Waals surface area contributed by atoms with Gasteiger partial charge in [-0.15, -0.1) is 0 Å². The van der Waals surface area contributed by atoms with E-state index in [-0.39, 0.29) is 6.04 Å². The average Bonchev–Trinajstić information content (AvgIpc) is 2.96. The molecule has 0 aliphatic heterocycles. The lowest BCUT2D eigenvalue weighted by atomic mass is 10.1. The van der Waals surface area contributed by atoms with E-state index in [0.717, 1.165) is 33.8 Å². The molecule has 0 aliphatic rings. The van der Waals surface area contributed by atoms with E-state index >= 15 is 0 Å². The summed E-state index contributed by atoms with van der Waals surface area (Å²) < 4.78 is 12.5. The molecular weight excluding hydrogens is 268 g/mol. The number of nitrogens with zero attached hydrogens (tertiary/aromatic N) is 3. The summed E-state index contributed by atoms with van der Waals surface area (Å²) in [5.41, 5.74) is 9.78. The highest BCUT2D eigenvalue weighted by Crippen LogP contribution is 2.32. The third-order valence-corrected chi connectivity index (χ3v) is 3.82. The molecule has 2 heterocycles. The van der Waals surface area contributed by atoms with E-state index in [9.17, 15) is 0 Å². The van der Waals surface area contributed by atoms with Crippen LogP contribution in [-0.4, -0.2) is 21.8 Å². The molecule has 110 valence electrons. The second kappa shape index (κ2) is 4.80. The highest BCUT2D eigenvalue weighted by atomic mass is 16.5. The Morgan fingerprint density at radius 1 is 1.33 bits per heavy atom. The second-order valence-electron chi connectivity index (χ2n) is 5.11. The number of fused-ring (bicyclic) bond motifs is 1. The van der Waals surface area contributed by atoms with Crippen LogP contribution < -0.4 is 10.5 Å². The first-order chi connectivity index (χ1) is 10.0. The van der Waals surface area contributed by atoms with Gasteiger partial charge >= 0.3 is 0 Å². The van der Waals surface area contributed by atoms with Gasteiger partial charge in [-0.05, 0) is 32.9 Å². The van der Waals surface area contributed by atoms with Gasteiger partial charge in [0.05, 0.1) is 29.9 Å². The standard InChI is InChI=1S/C15H18N4O2/c1-8-14(10(3)21-18-8)9(2)19-13-7-11(20-4)5-6-12(13)17-15(19)16/h5-7,9H,1-4H3,(H2,16,17). The first-order valence-corrected chi connectivity index (χ1v) is 6.77. The normalized spacial score (nSPS) is 12.8. The van der Waals surface area contributed by atoms with Crippen molar-refractivity contribution in [3.05, 3.63) is 35.2 Å². The minimum atomic E-state index is -0.0200. The Bertz CT molecular complexity index is 784. The molecule has 0 saturated heterocycles. The van der Waals surface area contributed by atoms with Gasteiger partial charge in [-0.25, -0.2) is 4.98 Å². The number of aryl methyl sites for hydroxylation is 2. The van der Waals surface area contributed by atoms with E-state index in [0.29, 0.717) is 5.95 Å². The zero-order valence-corrected chi connectivity index (χ0v) is 12.5. The summed E-state index contributed by atoms with van der Waals surface area (Å²) in [5.74, 6) is 2.03. The third kappa shape index (κ3) is 2.03. The van der Waals surface area contributed by atoms with E-state index in [2.05, 4.69) is 17.1 Å². The van der Waals surface area contributed by atoms with Crippen molar-refractivity contribution in [1.29, 1.82) is 0 Å². The minimum absolute atomic E-state index is 0.0200. The van der Waals surface area contributed by atoms with Crippen molar-refractivity contribution in [2.45, 2.75) is 26.8 Å². The molecule has 6 heteroatoms. The lowest BCUT2D eigenvalue weighted by molar-refractivity contribution is 0.391. The summed E-state index contributed by atoms with van der Waals surface area (Å²) >= 11 is 0. The van der Waals surface area contributed by atoms with Gasteiger partial charge in [-0.2, -0.15) is 0 Å². The summed E-state index contributed by atoms with van der Waals surface area (Å²) in [7, 11) is 1.64.